The van der Waals surface area contributed by atoms with Gasteiger partial charge in [-0.15, -0.1) is 11.3 Å². The number of amides is 1. The van der Waals surface area contributed by atoms with E-state index in [1.54, 1.807) is 11.3 Å². The predicted molar refractivity (Wildman–Crippen MR) is 77.1 cm³/mol. The van der Waals surface area contributed by atoms with Crippen LogP contribution in [0.4, 0.5) is 0 Å². The Balaban J connectivity index is 2.31. The number of hydrogen-bond acceptors (Lipinski definition) is 3. The summed E-state index contributed by atoms with van der Waals surface area (Å²) in [6, 6.07) is 2.00. The first-order valence-electron chi connectivity index (χ1n) is 5.54. The highest BCUT2D eigenvalue weighted by Crippen LogP contribution is 2.41. The molecule has 1 aliphatic rings. The summed E-state index contributed by atoms with van der Waals surface area (Å²) >= 11 is 8.60. The van der Waals surface area contributed by atoms with E-state index < -0.39 is 0 Å². The average Bonchev–Trinajstić information content (AvgIpc) is 2.70. The molecular weight excluding hydrogens is 368 g/mol. The van der Waals surface area contributed by atoms with Crippen LogP contribution < -0.4 is 5.73 Å². The molecule has 17 heavy (non-hydrogen) atoms. The molecule has 0 spiro atoms. The van der Waals surface area contributed by atoms with Gasteiger partial charge in [0.1, 0.15) is 0 Å². The first kappa shape index (κ1) is 13.5. The predicted octanol–water partition coefficient (Wildman–Crippen LogP) is 3.28. The zero-order valence-electron chi connectivity index (χ0n) is 9.45. The molecule has 0 aliphatic carbocycles. The van der Waals surface area contributed by atoms with Crippen LogP contribution in [0.3, 0.4) is 0 Å². The second-order valence-corrected chi connectivity index (χ2v) is 7.43. The maximum absolute atomic E-state index is 11.9. The van der Waals surface area contributed by atoms with Crippen LogP contribution in [0.1, 0.15) is 30.7 Å². The van der Waals surface area contributed by atoms with Gasteiger partial charge in [-0.1, -0.05) is 6.92 Å². The van der Waals surface area contributed by atoms with E-state index in [9.17, 15) is 4.79 Å². The summed E-state index contributed by atoms with van der Waals surface area (Å²) in [6.07, 6.45) is 1.42. The fourth-order valence-electron chi connectivity index (χ4n) is 2.20. The van der Waals surface area contributed by atoms with Gasteiger partial charge in [0.15, 0.2) is 0 Å². The minimum Gasteiger partial charge on any atom is -0.333 e. The summed E-state index contributed by atoms with van der Waals surface area (Å²) in [6.45, 7) is 2.86. The molecule has 1 aliphatic heterocycles. The molecule has 2 atom stereocenters. The Morgan fingerprint density at radius 3 is 2.82 bits per heavy atom. The van der Waals surface area contributed by atoms with Gasteiger partial charge < -0.3 is 10.6 Å². The number of hydrogen-bond donors (Lipinski definition) is 1. The van der Waals surface area contributed by atoms with Crippen molar-refractivity contribution >= 4 is 49.1 Å². The van der Waals surface area contributed by atoms with Crippen molar-refractivity contribution in [2.75, 3.05) is 6.54 Å². The molecule has 1 fully saturated rings. The first-order chi connectivity index (χ1) is 8.04. The smallest absolute Gasteiger partial charge is 0.224 e. The number of rotatable bonds is 3. The van der Waals surface area contributed by atoms with Crippen molar-refractivity contribution in [2.24, 2.45) is 5.73 Å². The number of halogens is 2. The number of carbonyl (C=O) groups excluding carboxylic acids is 1. The highest BCUT2D eigenvalue weighted by molar-refractivity contribution is 9.13. The third-order valence-electron chi connectivity index (χ3n) is 2.89. The molecule has 94 valence electrons. The number of likely N-dealkylation sites (tertiary alicyclic amines) is 1. The van der Waals surface area contributed by atoms with Gasteiger partial charge in [-0.05, 0) is 44.3 Å². The lowest BCUT2D eigenvalue weighted by molar-refractivity contribution is -0.129. The van der Waals surface area contributed by atoms with Gasteiger partial charge in [0.2, 0.25) is 5.91 Å². The maximum Gasteiger partial charge on any atom is 0.224 e. The van der Waals surface area contributed by atoms with E-state index in [1.165, 1.54) is 0 Å². The summed E-state index contributed by atoms with van der Waals surface area (Å²) in [5.74, 6) is 0.171. The number of thiophene rings is 1. The molecule has 3 nitrogen and oxygen atoms in total. The normalized spacial score (nSPS) is 24.7. The Morgan fingerprint density at radius 1 is 1.59 bits per heavy atom. The van der Waals surface area contributed by atoms with Gasteiger partial charge in [-0.2, -0.15) is 0 Å². The minimum absolute atomic E-state index is 0.0371. The van der Waals surface area contributed by atoms with Crippen LogP contribution in [0.2, 0.25) is 0 Å². The van der Waals surface area contributed by atoms with Gasteiger partial charge in [-0.3, -0.25) is 4.79 Å². The molecule has 2 heterocycles. The molecule has 0 bridgehead atoms. The zero-order chi connectivity index (χ0) is 12.6. The van der Waals surface area contributed by atoms with E-state index >= 15 is 0 Å². The van der Waals surface area contributed by atoms with Crippen molar-refractivity contribution in [2.45, 2.75) is 31.8 Å². The molecule has 0 saturated carbocycles. The minimum atomic E-state index is -0.0912. The van der Waals surface area contributed by atoms with Crippen LogP contribution in [-0.4, -0.2) is 23.4 Å². The van der Waals surface area contributed by atoms with E-state index in [-0.39, 0.29) is 18.0 Å². The van der Waals surface area contributed by atoms with Crippen LogP contribution in [0.15, 0.2) is 14.3 Å². The Morgan fingerprint density at radius 2 is 2.29 bits per heavy atom. The second-order valence-electron chi connectivity index (χ2n) is 4.17. The Kier molecular flexibility index (Phi) is 4.28. The molecular formula is C11H14Br2N2OS. The fourth-order valence-corrected chi connectivity index (χ4v) is 4.47. The van der Waals surface area contributed by atoms with Crippen LogP contribution >= 0.6 is 43.2 Å². The standard InChI is InChI=1S/C11H14Br2N2OS/c1-2-3-15-9(16)5-7(14)10(15)8-4-6(12)11(13)17-8/h4,7,10H,2-3,5,14H2,1H3. The van der Waals surface area contributed by atoms with Crippen molar-refractivity contribution in [3.05, 3.63) is 19.2 Å². The highest BCUT2D eigenvalue weighted by atomic mass is 79.9. The third-order valence-corrected chi connectivity index (χ3v) is 6.22. The van der Waals surface area contributed by atoms with Crippen LogP contribution in [0.25, 0.3) is 0 Å². The van der Waals surface area contributed by atoms with Crippen molar-refractivity contribution in [3.8, 4) is 0 Å². The molecule has 1 aromatic rings. The molecule has 0 aromatic carbocycles. The number of nitrogens with zero attached hydrogens (tertiary/aromatic N) is 1. The van der Waals surface area contributed by atoms with Crippen molar-refractivity contribution in [1.82, 2.24) is 4.90 Å². The highest BCUT2D eigenvalue weighted by Gasteiger charge is 2.39. The molecule has 2 N–H and O–H groups in total. The number of nitrogens with two attached hydrogens (primary N) is 1. The Bertz CT molecular complexity index is 416. The van der Waals surface area contributed by atoms with Crippen LogP contribution in [0.5, 0.6) is 0 Å². The molecule has 2 rings (SSSR count). The second kappa shape index (κ2) is 5.38. The van der Waals surface area contributed by atoms with Gasteiger partial charge in [0.25, 0.3) is 0 Å². The van der Waals surface area contributed by atoms with Crippen molar-refractivity contribution in [1.29, 1.82) is 0 Å². The van der Waals surface area contributed by atoms with E-state index in [4.69, 9.17) is 5.73 Å². The molecule has 1 aromatic heterocycles. The SMILES string of the molecule is CCCN1C(=O)CC(N)C1c1cc(Br)c(Br)s1. The molecule has 2 unspecified atom stereocenters. The monoisotopic (exact) mass is 380 g/mol. The summed E-state index contributed by atoms with van der Waals surface area (Å²) in [7, 11) is 0. The number of carbonyl (C=O) groups is 1. The zero-order valence-corrected chi connectivity index (χ0v) is 13.4. The maximum atomic E-state index is 11.9. The van der Waals surface area contributed by atoms with Gasteiger partial charge >= 0.3 is 0 Å². The summed E-state index contributed by atoms with van der Waals surface area (Å²) in [5.41, 5.74) is 6.09. The first-order valence-corrected chi connectivity index (χ1v) is 7.94. The quantitative estimate of drug-likeness (QED) is 0.873. The van der Waals surface area contributed by atoms with E-state index in [0.29, 0.717) is 6.42 Å². The molecule has 1 amide bonds. The van der Waals surface area contributed by atoms with E-state index in [1.807, 2.05) is 4.90 Å². The van der Waals surface area contributed by atoms with Gasteiger partial charge in [-0.25, -0.2) is 0 Å². The lowest BCUT2D eigenvalue weighted by Crippen LogP contribution is -2.33. The third kappa shape index (κ3) is 2.59. The fraction of sp³-hybridized carbons (Fsp3) is 0.545. The van der Waals surface area contributed by atoms with Crippen LogP contribution in [-0.2, 0) is 4.79 Å². The van der Waals surface area contributed by atoms with E-state index in [2.05, 4.69) is 44.8 Å². The summed E-state index contributed by atoms with van der Waals surface area (Å²) in [5, 5.41) is 0. The van der Waals surface area contributed by atoms with Gasteiger partial charge in [0, 0.05) is 28.4 Å². The topological polar surface area (TPSA) is 46.3 Å². The molecule has 6 heteroatoms. The van der Waals surface area contributed by atoms with Crippen molar-refractivity contribution < 1.29 is 4.79 Å². The molecule has 1 saturated heterocycles. The summed E-state index contributed by atoms with van der Waals surface area (Å²) in [4.78, 5) is 14.9. The van der Waals surface area contributed by atoms with Gasteiger partial charge in [0.05, 0.1) is 9.83 Å². The average molecular weight is 382 g/mol. The Hall–Kier alpha value is 0.0900. The van der Waals surface area contributed by atoms with E-state index in [0.717, 1.165) is 26.1 Å². The summed E-state index contributed by atoms with van der Waals surface area (Å²) < 4.78 is 2.08. The van der Waals surface area contributed by atoms with Crippen molar-refractivity contribution in [3.63, 3.8) is 0 Å². The lowest BCUT2D eigenvalue weighted by Gasteiger charge is -2.25. The Labute approximate surface area is 122 Å². The molecule has 0 radical (unpaired) electrons. The lowest BCUT2D eigenvalue weighted by atomic mass is 10.1. The van der Waals surface area contributed by atoms with Crippen LogP contribution in [0, 0.1) is 0 Å². The largest absolute Gasteiger partial charge is 0.333 e.